The summed E-state index contributed by atoms with van der Waals surface area (Å²) in [6.45, 7) is 9.87. The summed E-state index contributed by atoms with van der Waals surface area (Å²) in [4.78, 5) is 27.2. The highest BCUT2D eigenvalue weighted by Crippen LogP contribution is 2.20. The second-order valence-electron chi connectivity index (χ2n) is 6.14. The van der Waals surface area contributed by atoms with Gasteiger partial charge in [-0.1, -0.05) is 19.9 Å². The van der Waals surface area contributed by atoms with Crippen molar-refractivity contribution in [2.75, 3.05) is 18.8 Å². The Bertz CT molecular complexity index is 774. The van der Waals surface area contributed by atoms with Crippen molar-refractivity contribution in [1.82, 2.24) is 9.47 Å². The molecule has 23 heavy (non-hydrogen) atoms. The van der Waals surface area contributed by atoms with Gasteiger partial charge in [-0.25, -0.2) is 0 Å². The van der Waals surface area contributed by atoms with Crippen LogP contribution in [0.15, 0.2) is 29.2 Å². The van der Waals surface area contributed by atoms with Crippen LogP contribution in [0.25, 0.3) is 10.9 Å². The van der Waals surface area contributed by atoms with E-state index in [0.717, 1.165) is 12.1 Å². The van der Waals surface area contributed by atoms with E-state index in [1.807, 2.05) is 30.5 Å². The van der Waals surface area contributed by atoms with Gasteiger partial charge in [0.15, 0.2) is 0 Å². The van der Waals surface area contributed by atoms with Crippen molar-refractivity contribution in [3.8, 4) is 0 Å². The normalized spacial score (nSPS) is 11.2. The molecule has 1 aromatic carbocycles. The number of carbonyl (C=O) groups excluding carboxylic acids is 1. The number of rotatable bonds is 5. The fourth-order valence-corrected chi connectivity index (χ4v) is 2.84. The largest absolute Gasteiger partial charge is 0.398 e. The molecule has 2 N–H and O–H groups in total. The number of pyridine rings is 1. The van der Waals surface area contributed by atoms with E-state index in [-0.39, 0.29) is 16.9 Å². The minimum absolute atomic E-state index is 0.194. The fourth-order valence-electron chi connectivity index (χ4n) is 2.84. The predicted octanol–water partition coefficient (Wildman–Crippen LogP) is 2.72. The van der Waals surface area contributed by atoms with E-state index in [0.29, 0.717) is 30.1 Å². The van der Waals surface area contributed by atoms with Gasteiger partial charge in [-0.2, -0.15) is 0 Å². The van der Waals surface area contributed by atoms with Crippen molar-refractivity contribution in [3.63, 3.8) is 0 Å². The number of nitrogens with two attached hydrogens (primary N) is 1. The van der Waals surface area contributed by atoms with Crippen LogP contribution in [0.4, 0.5) is 5.69 Å². The first-order chi connectivity index (χ1) is 10.9. The zero-order valence-electron chi connectivity index (χ0n) is 14.3. The maximum atomic E-state index is 12.8. The molecule has 2 rings (SSSR count). The second-order valence-corrected chi connectivity index (χ2v) is 6.14. The number of nitrogen functional groups attached to an aromatic ring is 1. The Kier molecular flexibility index (Phi) is 5.08. The minimum atomic E-state index is -0.282. The molecule has 0 fully saturated rings. The Hall–Kier alpha value is -2.30. The first-order valence-electron chi connectivity index (χ1n) is 8.11. The molecule has 1 aromatic heterocycles. The lowest BCUT2D eigenvalue weighted by Crippen LogP contribution is -2.34. The monoisotopic (exact) mass is 315 g/mol. The summed E-state index contributed by atoms with van der Waals surface area (Å²) in [5.74, 6) is 0.154. The Morgan fingerprint density at radius 2 is 1.91 bits per heavy atom. The van der Waals surface area contributed by atoms with Gasteiger partial charge in [0.05, 0.1) is 10.9 Å². The van der Waals surface area contributed by atoms with Crippen molar-refractivity contribution in [3.05, 3.63) is 40.2 Å². The van der Waals surface area contributed by atoms with Gasteiger partial charge < -0.3 is 15.2 Å². The van der Waals surface area contributed by atoms with Crippen molar-refractivity contribution in [2.45, 2.75) is 34.2 Å². The SMILES string of the molecule is CCN(CC)C(=O)c1cn(CC(C)C)c2cccc(N)c2c1=O. The van der Waals surface area contributed by atoms with E-state index in [9.17, 15) is 9.59 Å². The molecule has 0 spiro atoms. The van der Waals surface area contributed by atoms with Gasteiger partial charge in [0.25, 0.3) is 5.91 Å². The number of nitrogens with zero attached hydrogens (tertiary/aromatic N) is 2. The third-order valence-electron chi connectivity index (χ3n) is 3.98. The van der Waals surface area contributed by atoms with Gasteiger partial charge in [-0.05, 0) is 31.9 Å². The third-order valence-corrected chi connectivity index (χ3v) is 3.98. The maximum absolute atomic E-state index is 12.8. The Balaban J connectivity index is 2.76. The first kappa shape index (κ1) is 17.1. The number of benzene rings is 1. The molecule has 0 radical (unpaired) electrons. The molecule has 2 aromatic rings. The van der Waals surface area contributed by atoms with E-state index in [2.05, 4.69) is 13.8 Å². The van der Waals surface area contributed by atoms with E-state index >= 15 is 0 Å². The molecule has 0 aliphatic rings. The van der Waals surface area contributed by atoms with Crippen LogP contribution < -0.4 is 11.2 Å². The lowest BCUT2D eigenvalue weighted by Gasteiger charge is -2.21. The number of carbonyl (C=O) groups is 1. The molecule has 1 heterocycles. The molecule has 5 heteroatoms. The van der Waals surface area contributed by atoms with E-state index in [1.54, 1.807) is 17.2 Å². The number of aromatic nitrogens is 1. The molecule has 0 atom stereocenters. The predicted molar refractivity (Wildman–Crippen MR) is 94.7 cm³/mol. The molecule has 0 saturated heterocycles. The molecule has 1 amide bonds. The van der Waals surface area contributed by atoms with Gasteiger partial charge in [-0.15, -0.1) is 0 Å². The van der Waals surface area contributed by atoms with Crippen LogP contribution in [-0.4, -0.2) is 28.5 Å². The summed E-state index contributed by atoms with van der Waals surface area (Å²) < 4.78 is 1.97. The molecule has 0 saturated carbocycles. The van der Waals surface area contributed by atoms with Crippen molar-refractivity contribution < 1.29 is 4.79 Å². The highest BCUT2D eigenvalue weighted by molar-refractivity contribution is 6.00. The second kappa shape index (κ2) is 6.86. The van der Waals surface area contributed by atoms with Crippen LogP contribution in [-0.2, 0) is 6.54 Å². The quantitative estimate of drug-likeness (QED) is 0.863. The van der Waals surface area contributed by atoms with E-state index in [4.69, 9.17) is 5.73 Å². The maximum Gasteiger partial charge on any atom is 0.259 e. The third kappa shape index (κ3) is 3.23. The van der Waals surface area contributed by atoms with Crippen molar-refractivity contribution in [2.24, 2.45) is 5.92 Å². The van der Waals surface area contributed by atoms with Crippen molar-refractivity contribution >= 4 is 22.5 Å². The molecular formula is C18H25N3O2. The van der Waals surface area contributed by atoms with Crippen LogP contribution >= 0.6 is 0 Å². The van der Waals surface area contributed by atoms with Crippen LogP contribution in [0, 0.1) is 5.92 Å². The van der Waals surface area contributed by atoms with Crippen LogP contribution in [0.2, 0.25) is 0 Å². The topological polar surface area (TPSA) is 68.3 Å². The van der Waals surface area contributed by atoms with Crippen molar-refractivity contribution in [1.29, 1.82) is 0 Å². The molecule has 124 valence electrons. The summed E-state index contributed by atoms with van der Waals surface area (Å²) in [6, 6.07) is 5.41. The van der Waals surface area contributed by atoms with Crippen LogP contribution in [0.1, 0.15) is 38.1 Å². The Morgan fingerprint density at radius 3 is 2.48 bits per heavy atom. The van der Waals surface area contributed by atoms with Gasteiger partial charge >= 0.3 is 0 Å². The first-order valence-corrected chi connectivity index (χ1v) is 8.11. The smallest absolute Gasteiger partial charge is 0.259 e. The molecule has 0 unspecified atom stereocenters. The standard InChI is InChI=1S/C18H25N3O2/c1-5-20(6-2)18(23)13-11-21(10-12(3)4)15-9-7-8-14(19)16(15)17(13)22/h7-9,11-12H,5-6,10,19H2,1-4H3. The fraction of sp³-hybridized carbons (Fsp3) is 0.444. The number of hydrogen-bond acceptors (Lipinski definition) is 3. The highest BCUT2D eigenvalue weighted by atomic mass is 16.2. The van der Waals surface area contributed by atoms with Gasteiger partial charge in [0.1, 0.15) is 5.56 Å². The summed E-state index contributed by atoms with van der Waals surface area (Å²) in [5.41, 5.74) is 7.13. The van der Waals surface area contributed by atoms with Crippen LogP contribution in [0.3, 0.4) is 0 Å². The average molecular weight is 315 g/mol. The number of anilines is 1. The van der Waals surface area contributed by atoms with Gasteiger partial charge in [-0.3, -0.25) is 9.59 Å². The Labute approximate surface area is 136 Å². The molecule has 0 aliphatic heterocycles. The average Bonchev–Trinajstić information content (AvgIpc) is 2.50. The zero-order chi connectivity index (χ0) is 17.1. The molecule has 0 bridgehead atoms. The molecular weight excluding hydrogens is 290 g/mol. The zero-order valence-corrected chi connectivity index (χ0v) is 14.3. The van der Waals surface area contributed by atoms with Gasteiger partial charge in [0.2, 0.25) is 5.43 Å². The van der Waals surface area contributed by atoms with Crippen LogP contribution in [0.5, 0.6) is 0 Å². The summed E-state index contributed by atoms with van der Waals surface area (Å²) in [7, 11) is 0. The lowest BCUT2D eigenvalue weighted by atomic mass is 10.1. The summed E-state index contributed by atoms with van der Waals surface area (Å²) in [5, 5.41) is 0.436. The lowest BCUT2D eigenvalue weighted by molar-refractivity contribution is 0.0771. The summed E-state index contributed by atoms with van der Waals surface area (Å²) in [6.07, 6.45) is 1.69. The highest BCUT2D eigenvalue weighted by Gasteiger charge is 2.20. The molecule has 5 nitrogen and oxygen atoms in total. The number of amides is 1. The molecule has 0 aliphatic carbocycles. The van der Waals surface area contributed by atoms with E-state index < -0.39 is 0 Å². The summed E-state index contributed by atoms with van der Waals surface area (Å²) >= 11 is 0. The minimum Gasteiger partial charge on any atom is -0.398 e. The number of fused-ring (bicyclic) bond motifs is 1. The van der Waals surface area contributed by atoms with Gasteiger partial charge in [0, 0.05) is 31.5 Å². The Morgan fingerprint density at radius 1 is 1.26 bits per heavy atom. The number of hydrogen-bond donors (Lipinski definition) is 1. The van der Waals surface area contributed by atoms with E-state index in [1.165, 1.54) is 0 Å².